The highest BCUT2D eigenvalue weighted by Gasteiger charge is 2.02. The zero-order chi connectivity index (χ0) is 13.8. The minimum atomic E-state index is 0.733. The van der Waals surface area contributed by atoms with E-state index < -0.39 is 0 Å². The molecule has 0 aliphatic rings. The molecule has 0 radical (unpaired) electrons. The second kappa shape index (κ2) is 5.93. The number of aromatic nitrogens is 1. The topological polar surface area (TPSA) is 24.9 Å². The molecule has 1 aromatic heterocycles. The number of nitrogens with one attached hydrogen (secondary N) is 1. The highest BCUT2D eigenvalue weighted by molar-refractivity contribution is 6.31. The van der Waals surface area contributed by atoms with Crippen molar-refractivity contribution < 1.29 is 0 Å². The summed E-state index contributed by atoms with van der Waals surface area (Å²) in [5.41, 5.74) is 1.32. The van der Waals surface area contributed by atoms with Crippen molar-refractivity contribution >= 4 is 28.2 Å². The number of fused-ring (bicyclic) bond motifs is 1. The molecule has 1 N–H and O–H groups in total. The van der Waals surface area contributed by atoms with Crippen molar-refractivity contribution in [3.8, 4) is 0 Å². The Hall–Kier alpha value is -2.06. The molecule has 20 heavy (non-hydrogen) atoms. The van der Waals surface area contributed by atoms with E-state index in [1.165, 1.54) is 5.56 Å². The van der Waals surface area contributed by atoms with Crippen LogP contribution in [-0.4, -0.2) is 11.5 Å². The van der Waals surface area contributed by atoms with Crippen LogP contribution in [0, 0.1) is 0 Å². The first-order chi connectivity index (χ1) is 9.83. The summed E-state index contributed by atoms with van der Waals surface area (Å²) in [6.07, 6.45) is 2.79. The Kier molecular flexibility index (Phi) is 3.84. The van der Waals surface area contributed by atoms with Gasteiger partial charge < -0.3 is 5.32 Å². The largest absolute Gasteiger partial charge is 0.369 e. The maximum atomic E-state index is 6.07. The maximum absolute atomic E-state index is 6.07. The fourth-order valence-electron chi connectivity index (χ4n) is 2.25. The first kappa shape index (κ1) is 12.9. The summed E-state index contributed by atoms with van der Waals surface area (Å²) in [5.74, 6) is 0.890. The molecule has 0 unspecified atom stereocenters. The van der Waals surface area contributed by atoms with Gasteiger partial charge in [0.25, 0.3) is 0 Å². The molecular formula is C17H15ClN2. The van der Waals surface area contributed by atoms with Gasteiger partial charge in [0, 0.05) is 23.2 Å². The van der Waals surface area contributed by atoms with Crippen molar-refractivity contribution in [1.29, 1.82) is 0 Å². The third kappa shape index (κ3) is 2.91. The van der Waals surface area contributed by atoms with E-state index in [2.05, 4.69) is 34.6 Å². The molecule has 0 bridgehead atoms. The average molecular weight is 283 g/mol. The monoisotopic (exact) mass is 282 g/mol. The Bertz CT molecular complexity index is 711. The third-order valence-corrected chi connectivity index (χ3v) is 3.51. The van der Waals surface area contributed by atoms with Crippen LogP contribution in [0.3, 0.4) is 0 Å². The average Bonchev–Trinajstić information content (AvgIpc) is 2.49. The maximum Gasteiger partial charge on any atom is 0.133 e. The molecule has 3 heteroatoms. The summed E-state index contributed by atoms with van der Waals surface area (Å²) >= 11 is 6.07. The van der Waals surface area contributed by atoms with Crippen LogP contribution in [0.25, 0.3) is 10.8 Å². The van der Waals surface area contributed by atoms with Crippen molar-refractivity contribution in [3.63, 3.8) is 0 Å². The van der Waals surface area contributed by atoms with Crippen LogP contribution in [0.5, 0.6) is 0 Å². The van der Waals surface area contributed by atoms with E-state index in [0.717, 1.165) is 34.6 Å². The van der Waals surface area contributed by atoms with Gasteiger partial charge in [0.05, 0.1) is 0 Å². The standard InChI is InChI=1S/C17H15ClN2/c18-15-7-6-14-9-11-20-17(16(14)12-15)19-10-8-13-4-2-1-3-5-13/h1-7,9,11-12H,8,10H2,(H,19,20). The van der Waals surface area contributed by atoms with Crippen LogP contribution in [0.15, 0.2) is 60.8 Å². The number of pyridine rings is 1. The van der Waals surface area contributed by atoms with E-state index >= 15 is 0 Å². The lowest BCUT2D eigenvalue weighted by Gasteiger charge is -2.09. The van der Waals surface area contributed by atoms with E-state index in [9.17, 15) is 0 Å². The Morgan fingerprint density at radius 1 is 1.00 bits per heavy atom. The number of hydrogen-bond donors (Lipinski definition) is 1. The van der Waals surface area contributed by atoms with Gasteiger partial charge in [0.15, 0.2) is 0 Å². The quantitative estimate of drug-likeness (QED) is 0.760. The molecule has 3 aromatic rings. The normalized spacial score (nSPS) is 10.7. The highest BCUT2D eigenvalue weighted by Crippen LogP contribution is 2.24. The number of nitrogens with zero attached hydrogens (tertiary/aromatic N) is 1. The molecular weight excluding hydrogens is 268 g/mol. The van der Waals surface area contributed by atoms with E-state index in [0.29, 0.717) is 0 Å². The molecule has 3 rings (SSSR count). The predicted octanol–water partition coefficient (Wildman–Crippen LogP) is 4.54. The number of rotatable bonds is 4. The van der Waals surface area contributed by atoms with Crippen molar-refractivity contribution in [1.82, 2.24) is 4.98 Å². The number of anilines is 1. The Morgan fingerprint density at radius 2 is 1.85 bits per heavy atom. The fourth-order valence-corrected chi connectivity index (χ4v) is 2.42. The molecule has 0 atom stereocenters. The van der Waals surface area contributed by atoms with Gasteiger partial charge >= 0.3 is 0 Å². The molecule has 0 saturated heterocycles. The van der Waals surface area contributed by atoms with Gasteiger partial charge in [-0.15, -0.1) is 0 Å². The van der Waals surface area contributed by atoms with Crippen LogP contribution in [0.4, 0.5) is 5.82 Å². The molecule has 0 amide bonds. The first-order valence-corrected chi connectivity index (χ1v) is 7.03. The Morgan fingerprint density at radius 3 is 2.70 bits per heavy atom. The minimum absolute atomic E-state index is 0.733. The minimum Gasteiger partial charge on any atom is -0.369 e. The van der Waals surface area contributed by atoms with Gasteiger partial charge in [-0.1, -0.05) is 48.0 Å². The van der Waals surface area contributed by atoms with Crippen molar-refractivity contribution in [2.75, 3.05) is 11.9 Å². The Balaban J connectivity index is 1.76. The van der Waals surface area contributed by atoms with Gasteiger partial charge in [0.2, 0.25) is 0 Å². The van der Waals surface area contributed by atoms with E-state index in [4.69, 9.17) is 11.6 Å². The smallest absolute Gasteiger partial charge is 0.133 e. The molecule has 1 heterocycles. The van der Waals surface area contributed by atoms with Crippen LogP contribution in [-0.2, 0) is 6.42 Å². The second-order valence-electron chi connectivity index (χ2n) is 4.69. The SMILES string of the molecule is Clc1ccc2ccnc(NCCc3ccccc3)c2c1. The van der Waals surface area contributed by atoms with Gasteiger partial charge in [-0.2, -0.15) is 0 Å². The summed E-state index contributed by atoms with van der Waals surface area (Å²) in [5, 5.41) is 6.33. The van der Waals surface area contributed by atoms with Crippen LogP contribution in [0.2, 0.25) is 5.02 Å². The molecule has 0 aliphatic heterocycles. The molecule has 2 nitrogen and oxygen atoms in total. The molecule has 0 fully saturated rings. The first-order valence-electron chi connectivity index (χ1n) is 6.65. The van der Waals surface area contributed by atoms with Crippen molar-refractivity contribution in [3.05, 3.63) is 71.4 Å². The van der Waals surface area contributed by atoms with Crippen molar-refractivity contribution in [2.45, 2.75) is 6.42 Å². The summed E-state index contributed by atoms with van der Waals surface area (Å²) < 4.78 is 0. The lowest BCUT2D eigenvalue weighted by molar-refractivity contribution is 1.01. The van der Waals surface area contributed by atoms with E-state index in [1.54, 1.807) is 0 Å². The number of hydrogen-bond acceptors (Lipinski definition) is 2. The zero-order valence-electron chi connectivity index (χ0n) is 11.0. The van der Waals surface area contributed by atoms with Crippen LogP contribution >= 0.6 is 11.6 Å². The third-order valence-electron chi connectivity index (χ3n) is 3.28. The van der Waals surface area contributed by atoms with Crippen molar-refractivity contribution in [2.24, 2.45) is 0 Å². The number of benzene rings is 2. The highest BCUT2D eigenvalue weighted by atomic mass is 35.5. The summed E-state index contributed by atoms with van der Waals surface area (Å²) in [6.45, 7) is 0.850. The lowest BCUT2D eigenvalue weighted by atomic mass is 10.1. The summed E-state index contributed by atoms with van der Waals surface area (Å²) in [7, 11) is 0. The molecule has 0 saturated carbocycles. The van der Waals surface area contributed by atoms with Crippen LogP contribution < -0.4 is 5.32 Å². The van der Waals surface area contributed by atoms with Gasteiger partial charge in [0.1, 0.15) is 5.82 Å². The zero-order valence-corrected chi connectivity index (χ0v) is 11.8. The van der Waals surface area contributed by atoms with Gasteiger partial charge in [-0.05, 0) is 35.6 Å². The molecule has 2 aromatic carbocycles. The molecule has 100 valence electrons. The van der Waals surface area contributed by atoms with E-state index in [1.807, 2.05) is 36.5 Å². The lowest BCUT2D eigenvalue weighted by Crippen LogP contribution is -2.06. The summed E-state index contributed by atoms with van der Waals surface area (Å²) in [4.78, 5) is 4.41. The van der Waals surface area contributed by atoms with Gasteiger partial charge in [-0.25, -0.2) is 4.98 Å². The second-order valence-corrected chi connectivity index (χ2v) is 5.12. The molecule has 0 spiro atoms. The fraction of sp³-hybridized carbons (Fsp3) is 0.118. The molecule has 0 aliphatic carbocycles. The van der Waals surface area contributed by atoms with E-state index in [-0.39, 0.29) is 0 Å². The predicted molar refractivity (Wildman–Crippen MR) is 85.4 cm³/mol. The van der Waals surface area contributed by atoms with Crippen LogP contribution in [0.1, 0.15) is 5.56 Å². The summed E-state index contributed by atoms with van der Waals surface area (Å²) in [6, 6.07) is 18.3. The van der Waals surface area contributed by atoms with Gasteiger partial charge in [-0.3, -0.25) is 0 Å². The number of halogens is 1. The Labute approximate surface area is 123 Å².